The number of phenols is 1. The second kappa shape index (κ2) is 19.2. The van der Waals surface area contributed by atoms with E-state index in [-0.39, 0.29) is 10.9 Å². The molecule has 5 heteroatoms. The van der Waals surface area contributed by atoms with E-state index < -0.39 is 0 Å². The van der Waals surface area contributed by atoms with Crippen molar-refractivity contribution in [2.75, 3.05) is 6.54 Å². The maximum absolute atomic E-state index is 9.47. The molecule has 0 aliphatic rings. The lowest BCUT2D eigenvalue weighted by molar-refractivity contribution is 0.475. The molecule has 178 valence electrons. The second-order valence-corrected chi connectivity index (χ2v) is 8.58. The van der Waals surface area contributed by atoms with Gasteiger partial charge in [0.2, 0.25) is 0 Å². The van der Waals surface area contributed by atoms with Gasteiger partial charge in [0.15, 0.2) is 0 Å². The third-order valence-corrected chi connectivity index (χ3v) is 3.49. The summed E-state index contributed by atoms with van der Waals surface area (Å²) < 4.78 is 0. The molecular formula is C27H42ClN3O. The fourth-order valence-corrected chi connectivity index (χ4v) is 2.40. The molecule has 0 fully saturated rings. The predicted octanol–water partition coefficient (Wildman–Crippen LogP) is 7.91. The van der Waals surface area contributed by atoms with Gasteiger partial charge in [-0.1, -0.05) is 89.9 Å². The predicted molar refractivity (Wildman–Crippen MR) is 141 cm³/mol. The van der Waals surface area contributed by atoms with Crippen LogP contribution in [0.5, 0.6) is 5.75 Å². The molecule has 0 atom stereocenters. The van der Waals surface area contributed by atoms with Crippen molar-refractivity contribution in [1.82, 2.24) is 5.32 Å². The summed E-state index contributed by atoms with van der Waals surface area (Å²) in [6.07, 6.45) is 4.58. The van der Waals surface area contributed by atoms with Crippen LogP contribution in [0.3, 0.4) is 0 Å². The highest BCUT2D eigenvalue weighted by molar-refractivity contribution is 6.30. The van der Waals surface area contributed by atoms with Crippen LogP contribution in [-0.4, -0.2) is 17.5 Å². The summed E-state index contributed by atoms with van der Waals surface area (Å²) in [6.45, 7) is 20.8. The lowest BCUT2D eigenvalue weighted by Crippen LogP contribution is -2.25. The van der Waals surface area contributed by atoms with Gasteiger partial charge in [0.25, 0.3) is 0 Å². The average Bonchev–Trinajstić information content (AvgIpc) is 2.68. The Morgan fingerprint density at radius 2 is 1.69 bits per heavy atom. The van der Waals surface area contributed by atoms with Gasteiger partial charge in [-0.3, -0.25) is 4.99 Å². The lowest BCUT2D eigenvalue weighted by atomic mass is 10.00. The van der Waals surface area contributed by atoms with Crippen LogP contribution in [0.4, 0.5) is 0 Å². The zero-order chi connectivity index (χ0) is 25.1. The van der Waals surface area contributed by atoms with Gasteiger partial charge in [-0.15, -0.1) is 0 Å². The summed E-state index contributed by atoms with van der Waals surface area (Å²) in [7, 11) is 0. The van der Waals surface area contributed by atoms with E-state index >= 15 is 0 Å². The number of nitrogens with one attached hydrogen (secondary N) is 1. The first-order valence-corrected chi connectivity index (χ1v) is 11.6. The smallest absolute Gasteiger partial charge is 0.134 e. The summed E-state index contributed by atoms with van der Waals surface area (Å²) in [6, 6.07) is 9.25. The summed E-state index contributed by atoms with van der Waals surface area (Å²) in [5.74, 6) is 1.61. The number of allylic oxidation sites excluding steroid dienone is 2. The Labute approximate surface area is 201 Å². The Hall–Kier alpha value is -2.51. The molecule has 0 aliphatic carbocycles. The van der Waals surface area contributed by atoms with Gasteiger partial charge in [-0.2, -0.15) is 5.26 Å². The number of rotatable bonds is 7. The Morgan fingerprint density at radius 3 is 2.06 bits per heavy atom. The monoisotopic (exact) mass is 459 g/mol. The van der Waals surface area contributed by atoms with E-state index in [2.05, 4.69) is 57.6 Å². The largest absolute Gasteiger partial charge is 0.508 e. The Balaban J connectivity index is 0. The third-order valence-electron chi connectivity index (χ3n) is 3.40. The summed E-state index contributed by atoms with van der Waals surface area (Å²) >= 11 is 5.92. The maximum Gasteiger partial charge on any atom is 0.134 e. The van der Waals surface area contributed by atoms with Crippen LogP contribution in [0.15, 0.2) is 63.8 Å². The van der Waals surface area contributed by atoms with E-state index in [1.54, 1.807) is 12.1 Å². The first-order chi connectivity index (χ1) is 15.0. The Bertz CT molecular complexity index is 790. The van der Waals surface area contributed by atoms with Crippen molar-refractivity contribution >= 4 is 17.4 Å². The number of hydrogen-bond donors (Lipinski definition) is 2. The first-order valence-electron chi connectivity index (χ1n) is 11.3. The van der Waals surface area contributed by atoms with Crippen molar-refractivity contribution in [3.8, 4) is 11.8 Å². The molecular weight excluding hydrogens is 418 g/mol. The van der Waals surface area contributed by atoms with Crippen molar-refractivity contribution in [3.63, 3.8) is 0 Å². The number of phenolic OH excluding ortho intramolecular Hbond substituents is 1. The number of aromatic hydroxyl groups is 1. The highest BCUT2D eigenvalue weighted by Crippen LogP contribution is 2.18. The molecule has 2 N–H and O–H groups in total. The minimum Gasteiger partial charge on any atom is -0.508 e. The van der Waals surface area contributed by atoms with E-state index in [4.69, 9.17) is 11.6 Å². The molecule has 0 heterocycles. The zero-order valence-corrected chi connectivity index (χ0v) is 22.0. The fourth-order valence-electron chi connectivity index (χ4n) is 2.31. The summed E-state index contributed by atoms with van der Waals surface area (Å²) in [5.41, 5.74) is 3.34. The number of nitriles is 1. The van der Waals surface area contributed by atoms with Gasteiger partial charge in [0.1, 0.15) is 16.7 Å². The molecule has 0 saturated heterocycles. The molecule has 1 aromatic carbocycles. The van der Waals surface area contributed by atoms with Gasteiger partial charge in [-0.05, 0) is 50.3 Å². The number of hydrogen-bond acceptors (Lipinski definition) is 3. The van der Waals surface area contributed by atoms with E-state index in [1.807, 2.05) is 39.0 Å². The molecule has 0 aromatic heterocycles. The molecule has 0 aliphatic heterocycles. The topological polar surface area (TPSA) is 68.4 Å². The van der Waals surface area contributed by atoms with E-state index in [0.717, 1.165) is 29.0 Å². The molecule has 0 saturated carbocycles. The van der Waals surface area contributed by atoms with E-state index in [1.165, 1.54) is 6.42 Å². The number of aliphatic imine (C=N–C) groups is 1. The summed E-state index contributed by atoms with van der Waals surface area (Å²) in [5, 5.41) is 22.0. The Kier molecular flexibility index (Phi) is 19.0. The average molecular weight is 460 g/mol. The van der Waals surface area contributed by atoms with Crippen LogP contribution in [0.2, 0.25) is 0 Å². The number of benzene rings is 1. The van der Waals surface area contributed by atoms with E-state index in [0.29, 0.717) is 24.4 Å². The summed E-state index contributed by atoms with van der Waals surface area (Å²) in [4.78, 5) is 4.60. The molecule has 1 rings (SSSR count). The minimum absolute atomic E-state index is 0.239. The van der Waals surface area contributed by atoms with Gasteiger partial charge >= 0.3 is 0 Å². The molecule has 4 nitrogen and oxygen atoms in total. The second-order valence-electron chi connectivity index (χ2n) is 8.13. The normalized spacial score (nSPS) is 10.8. The minimum atomic E-state index is 0.239. The molecule has 32 heavy (non-hydrogen) atoms. The van der Waals surface area contributed by atoms with Gasteiger partial charge in [0, 0.05) is 12.1 Å². The van der Waals surface area contributed by atoms with Gasteiger partial charge in [-0.25, -0.2) is 0 Å². The first kappa shape index (κ1) is 31.7. The molecule has 0 bridgehead atoms. The molecule has 0 radical (unpaired) electrons. The quantitative estimate of drug-likeness (QED) is 0.143. The van der Waals surface area contributed by atoms with Crippen LogP contribution in [-0.2, 0) is 6.42 Å². The van der Waals surface area contributed by atoms with Crippen LogP contribution < -0.4 is 5.32 Å². The van der Waals surface area contributed by atoms with Gasteiger partial charge < -0.3 is 10.4 Å². The SMILES string of the molecule is C=C(Cl)NC(=NCCc1ccc(O)cc1)C(=C(C)C)/C(C#N)=C\CC.CC(C)C.CCC. The third kappa shape index (κ3) is 16.2. The van der Waals surface area contributed by atoms with E-state index in [9.17, 15) is 10.4 Å². The fraction of sp³-hybridized carbons (Fsp3) is 0.481. The van der Waals surface area contributed by atoms with Crippen molar-refractivity contribution in [1.29, 1.82) is 5.26 Å². The van der Waals surface area contributed by atoms with Crippen LogP contribution in [0.25, 0.3) is 0 Å². The maximum atomic E-state index is 9.47. The van der Waals surface area contributed by atoms with Crippen molar-refractivity contribution in [3.05, 3.63) is 64.4 Å². The van der Waals surface area contributed by atoms with Crippen molar-refractivity contribution in [2.45, 2.75) is 74.7 Å². The zero-order valence-electron chi connectivity index (χ0n) is 21.2. The van der Waals surface area contributed by atoms with Crippen molar-refractivity contribution < 1.29 is 5.11 Å². The molecule has 0 unspecified atom stereocenters. The number of nitrogens with zero attached hydrogens (tertiary/aromatic N) is 2. The standard InChI is InChI=1S/C20H24ClN3O.C4H10.C3H8/c1-5-6-17(13-22)19(14(2)3)20(24-15(4)21)23-12-11-16-7-9-18(25)10-8-16;1-4(2)3;1-3-2/h6-10,25H,4-5,11-12H2,1-3H3,(H,23,24);4H,1-3H3;3H2,1-2H3/b17-6-;;. The molecule has 1 aromatic rings. The molecule has 0 spiro atoms. The van der Waals surface area contributed by atoms with Gasteiger partial charge in [0.05, 0.1) is 11.6 Å². The van der Waals surface area contributed by atoms with Crippen LogP contribution in [0, 0.1) is 17.2 Å². The highest BCUT2D eigenvalue weighted by atomic mass is 35.5. The Morgan fingerprint density at radius 1 is 1.19 bits per heavy atom. The molecule has 0 amide bonds. The van der Waals surface area contributed by atoms with Crippen LogP contribution in [0.1, 0.15) is 73.8 Å². The van der Waals surface area contributed by atoms with Crippen molar-refractivity contribution in [2.24, 2.45) is 10.9 Å². The highest BCUT2D eigenvalue weighted by Gasteiger charge is 2.14. The number of amidine groups is 1. The lowest BCUT2D eigenvalue weighted by Gasteiger charge is -2.14. The van der Waals surface area contributed by atoms with Crippen LogP contribution >= 0.6 is 11.6 Å². The number of halogens is 1.